The summed E-state index contributed by atoms with van der Waals surface area (Å²) < 4.78 is 5.17. The molecule has 2 aromatic carbocycles. The smallest absolute Gasteiger partial charge is 0.257 e. The Morgan fingerprint density at radius 1 is 1.14 bits per heavy atom. The highest BCUT2D eigenvalue weighted by atomic mass is 16.5. The third-order valence-corrected chi connectivity index (χ3v) is 4.04. The van der Waals surface area contributed by atoms with Crippen molar-refractivity contribution in [3.63, 3.8) is 0 Å². The Kier molecular flexibility index (Phi) is 4.11. The van der Waals surface area contributed by atoms with Crippen molar-refractivity contribution in [3.05, 3.63) is 65.2 Å². The van der Waals surface area contributed by atoms with Crippen molar-refractivity contribution >= 4 is 11.6 Å². The van der Waals surface area contributed by atoms with E-state index in [0.29, 0.717) is 18.7 Å². The Labute approximate surface area is 130 Å². The van der Waals surface area contributed by atoms with Crippen LogP contribution < -0.4 is 5.32 Å². The second-order valence-corrected chi connectivity index (χ2v) is 5.44. The van der Waals surface area contributed by atoms with E-state index in [9.17, 15) is 4.79 Å². The van der Waals surface area contributed by atoms with Crippen molar-refractivity contribution in [1.82, 2.24) is 4.90 Å². The van der Waals surface area contributed by atoms with Gasteiger partial charge in [0.1, 0.15) is 6.17 Å². The molecule has 0 bridgehead atoms. The fourth-order valence-corrected chi connectivity index (χ4v) is 2.85. The summed E-state index contributed by atoms with van der Waals surface area (Å²) in [6.07, 6.45) is -0.168. The van der Waals surface area contributed by atoms with Crippen molar-refractivity contribution < 1.29 is 9.53 Å². The van der Waals surface area contributed by atoms with Crippen molar-refractivity contribution in [2.45, 2.75) is 13.1 Å². The van der Waals surface area contributed by atoms with E-state index in [0.717, 1.165) is 16.8 Å². The lowest BCUT2D eigenvalue weighted by atomic mass is 10.0. The van der Waals surface area contributed by atoms with E-state index in [4.69, 9.17) is 4.74 Å². The maximum absolute atomic E-state index is 12.8. The van der Waals surface area contributed by atoms with Crippen LogP contribution >= 0.6 is 0 Å². The van der Waals surface area contributed by atoms with Crippen LogP contribution in [0.5, 0.6) is 0 Å². The average molecular weight is 296 g/mol. The number of carbonyl (C=O) groups is 1. The Hall–Kier alpha value is -2.33. The van der Waals surface area contributed by atoms with Gasteiger partial charge in [0, 0.05) is 19.3 Å². The minimum Gasteiger partial charge on any atom is -0.383 e. The van der Waals surface area contributed by atoms with Gasteiger partial charge in [0.15, 0.2) is 0 Å². The monoisotopic (exact) mass is 296 g/mol. The molecule has 0 radical (unpaired) electrons. The number of carbonyl (C=O) groups excluding carboxylic acids is 1. The van der Waals surface area contributed by atoms with E-state index < -0.39 is 0 Å². The highest BCUT2D eigenvalue weighted by molar-refractivity contribution is 6.01. The predicted octanol–water partition coefficient (Wildman–Crippen LogP) is 3.21. The number of nitrogens with zero attached hydrogens (tertiary/aromatic N) is 1. The number of amides is 1. The van der Waals surface area contributed by atoms with Crippen LogP contribution in [0, 0.1) is 6.92 Å². The molecule has 0 saturated carbocycles. The average Bonchev–Trinajstić information content (AvgIpc) is 2.54. The number of nitrogens with one attached hydrogen (secondary N) is 1. The van der Waals surface area contributed by atoms with Gasteiger partial charge in [-0.15, -0.1) is 0 Å². The second-order valence-electron chi connectivity index (χ2n) is 5.44. The van der Waals surface area contributed by atoms with Gasteiger partial charge in [-0.2, -0.15) is 0 Å². The molecule has 22 heavy (non-hydrogen) atoms. The van der Waals surface area contributed by atoms with Crippen LogP contribution in [0.15, 0.2) is 48.5 Å². The predicted molar refractivity (Wildman–Crippen MR) is 86.9 cm³/mol. The number of hydrogen-bond acceptors (Lipinski definition) is 3. The molecule has 0 saturated heterocycles. The van der Waals surface area contributed by atoms with Gasteiger partial charge in [0.2, 0.25) is 0 Å². The standard InChI is InChI=1S/C18H20N2O2/c1-13-7-3-4-8-14(13)17-19-16-10-6-5-9-15(16)18(21)20(17)11-12-22-2/h3-10,17,19H,11-12H2,1-2H3. The molecule has 2 aromatic rings. The van der Waals surface area contributed by atoms with Gasteiger partial charge in [-0.1, -0.05) is 36.4 Å². The molecule has 0 spiro atoms. The van der Waals surface area contributed by atoms with Gasteiger partial charge >= 0.3 is 0 Å². The molecular weight excluding hydrogens is 276 g/mol. The molecule has 1 aliphatic rings. The molecule has 114 valence electrons. The third kappa shape index (κ3) is 2.57. The number of benzene rings is 2. The van der Waals surface area contributed by atoms with E-state index in [-0.39, 0.29) is 12.1 Å². The zero-order valence-electron chi connectivity index (χ0n) is 12.9. The molecule has 1 unspecified atom stereocenters. The van der Waals surface area contributed by atoms with E-state index in [1.807, 2.05) is 41.3 Å². The summed E-state index contributed by atoms with van der Waals surface area (Å²) in [4.78, 5) is 14.7. The first kappa shape index (κ1) is 14.6. The summed E-state index contributed by atoms with van der Waals surface area (Å²) in [6, 6.07) is 15.8. The highest BCUT2D eigenvalue weighted by Gasteiger charge is 2.32. The van der Waals surface area contributed by atoms with Crippen LogP contribution in [0.4, 0.5) is 5.69 Å². The molecule has 0 fully saturated rings. The SMILES string of the molecule is COCCN1C(=O)c2ccccc2NC1c1ccccc1C. The molecule has 0 aliphatic carbocycles. The number of ether oxygens (including phenoxy) is 1. The number of rotatable bonds is 4. The first-order chi connectivity index (χ1) is 10.7. The van der Waals surface area contributed by atoms with Crippen LogP contribution in [-0.2, 0) is 4.74 Å². The Bertz CT molecular complexity index is 684. The number of hydrogen-bond donors (Lipinski definition) is 1. The molecule has 1 heterocycles. The van der Waals surface area contributed by atoms with E-state index in [2.05, 4.69) is 24.4 Å². The molecule has 0 aromatic heterocycles. The molecule has 1 amide bonds. The van der Waals surface area contributed by atoms with Gasteiger partial charge in [-0.05, 0) is 30.2 Å². The van der Waals surface area contributed by atoms with Crippen molar-refractivity contribution in [3.8, 4) is 0 Å². The summed E-state index contributed by atoms with van der Waals surface area (Å²) in [5.41, 5.74) is 3.87. The maximum Gasteiger partial charge on any atom is 0.257 e. The lowest BCUT2D eigenvalue weighted by Crippen LogP contribution is -2.44. The number of anilines is 1. The maximum atomic E-state index is 12.8. The first-order valence-electron chi connectivity index (χ1n) is 7.43. The quantitative estimate of drug-likeness (QED) is 0.942. The van der Waals surface area contributed by atoms with Gasteiger partial charge in [-0.25, -0.2) is 0 Å². The van der Waals surface area contributed by atoms with E-state index in [1.165, 1.54) is 0 Å². The highest BCUT2D eigenvalue weighted by Crippen LogP contribution is 2.33. The van der Waals surface area contributed by atoms with Crippen molar-refractivity contribution in [2.24, 2.45) is 0 Å². The third-order valence-electron chi connectivity index (χ3n) is 4.04. The number of fused-ring (bicyclic) bond motifs is 1. The zero-order chi connectivity index (χ0) is 15.5. The van der Waals surface area contributed by atoms with Crippen LogP contribution in [0.1, 0.15) is 27.7 Å². The first-order valence-corrected chi connectivity index (χ1v) is 7.43. The van der Waals surface area contributed by atoms with Gasteiger partial charge < -0.3 is 15.0 Å². The molecule has 3 rings (SSSR count). The zero-order valence-corrected chi connectivity index (χ0v) is 12.9. The second kappa shape index (κ2) is 6.20. The van der Waals surface area contributed by atoms with Crippen LogP contribution in [0.2, 0.25) is 0 Å². The van der Waals surface area contributed by atoms with Gasteiger partial charge in [-0.3, -0.25) is 4.79 Å². The van der Waals surface area contributed by atoms with Crippen LogP contribution in [0.25, 0.3) is 0 Å². The minimum atomic E-state index is -0.168. The Morgan fingerprint density at radius 3 is 2.64 bits per heavy atom. The summed E-state index contributed by atoms with van der Waals surface area (Å²) in [6.45, 7) is 3.13. The summed E-state index contributed by atoms with van der Waals surface area (Å²) in [5.74, 6) is 0.0413. The Balaban J connectivity index is 2.03. The fraction of sp³-hybridized carbons (Fsp3) is 0.278. The lowest BCUT2D eigenvalue weighted by molar-refractivity contribution is 0.0609. The molecular formula is C18H20N2O2. The fourth-order valence-electron chi connectivity index (χ4n) is 2.85. The minimum absolute atomic E-state index is 0.0413. The summed E-state index contributed by atoms with van der Waals surface area (Å²) in [5, 5.41) is 3.49. The van der Waals surface area contributed by atoms with Crippen LogP contribution in [0.3, 0.4) is 0 Å². The number of aryl methyl sites for hydroxylation is 1. The topological polar surface area (TPSA) is 41.6 Å². The van der Waals surface area contributed by atoms with E-state index in [1.54, 1.807) is 7.11 Å². The molecule has 4 nitrogen and oxygen atoms in total. The normalized spacial score (nSPS) is 17.1. The van der Waals surface area contributed by atoms with Crippen molar-refractivity contribution in [1.29, 1.82) is 0 Å². The Morgan fingerprint density at radius 2 is 1.86 bits per heavy atom. The van der Waals surface area contributed by atoms with Gasteiger partial charge in [0.25, 0.3) is 5.91 Å². The van der Waals surface area contributed by atoms with Gasteiger partial charge in [0.05, 0.1) is 12.2 Å². The van der Waals surface area contributed by atoms with E-state index >= 15 is 0 Å². The molecule has 4 heteroatoms. The summed E-state index contributed by atoms with van der Waals surface area (Å²) in [7, 11) is 1.65. The molecule has 1 atom stereocenters. The number of methoxy groups -OCH3 is 1. The lowest BCUT2D eigenvalue weighted by Gasteiger charge is -2.38. The summed E-state index contributed by atoms with van der Waals surface area (Å²) >= 11 is 0. The largest absolute Gasteiger partial charge is 0.383 e. The number of para-hydroxylation sites is 1. The molecule has 1 N–H and O–H groups in total. The van der Waals surface area contributed by atoms with Crippen LogP contribution in [-0.4, -0.2) is 31.1 Å². The van der Waals surface area contributed by atoms with Crippen molar-refractivity contribution in [2.75, 3.05) is 25.6 Å². The molecule has 1 aliphatic heterocycles.